The van der Waals surface area contributed by atoms with Gasteiger partial charge in [-0.15, -0.1) is 12.3 Å². The van der Waals surface area contributed by atoms with Crippen molar-refractivity contribution in [3.8, 4) is 12.3 Å². The van der Waals surface area contributed by atoms with Crippen molar-refractivity contribution < 1.29 is 9.53 Å². The summed E-state index contributed by atoms with van der Waals surface area (Å²) < 4.78 is 5.07. The van der Waals surface area contributed by atoms with Gasteiger partial charge in [0.25, 0.3) is 0 Å². The number of hydrogen-bond acceptors (Lipinski definition) is 2. The highest BCUT2D eigenvalue weighted by atomic mass is 16.5. The predicted molar refractivity (Wildman–Crippen MR) is 71.9 cm³/mol. The van der Waals surface area contributed by atoms with Gasteiger partial charge in [-0.1, -0.05) is 36.8 Å². The minimum Gasteiger partial charge on any atom is -0.445 e. The Morgan fingerprint density at radius 2 is 2.00 bits per heavy atom. The molecule has 3 heteroatoms. The van der Waals surface area contributed by atoms with Gasteiger partial charge in [0.1, 0.15) is 6.61 Å². The summed E-state index contributed by atoms with van der Waals surface area (Å²) in [5, 5.41) is 2.72. The minimum atomic E-state index is -0.365. The molecule has 0 aliphatic rings. The quantitative estimate of drug-likeness (QED) is 0.592. The van der Waals surface area contributed by atoms with Crippen molar-refractivity contribution >= 4 is 6.09 Å². The first-order valence-corrected chi connectivity index (χ1v) is 6.21. The summed E-state index contributed by atoms with van der Waals surface area (Å²) in [6.07, 6.45) is 8.56. The van der Waals surface area contributed by atoms with Crippen LogP contribution in [0.15, 0.2) is 30.3 Å². The van der Waals surface area contributed by atoms with Crippen molar-refractivity contribution in [3.05, 3.63) is 35.9 Å². The van der Waals surface area contributed by atoms with Crippen LogP contribution in [0.3, 0.4) is 0 Å². The highest BCUT2D eigenvalue weighted by molar-refractivity contribution is 5.67. The van der Waals surface area contributed by atoms with Crippen LogP contribution >= 0.6 is 0 Å². The Morgan fingerprint density at radius 3 is 2.72 bits per heavy atom. The lowest BCUT2D eigenvalue weighted by molar-refractivity contribution is 0.139. The monoisotopic (exact) mass is 245 g/mol. The van der Waals surface area contributed by atoms with Crippen LogP contribution in [0.25, 0.3) is 0 Å². The number of hydrogen-bond donors (Lipinski definition) is 1. The SMILES string of the molecule is C#CCCCCCNC(=O)OCc1ccccc1. The summed E-state index contributed by atoms with van der Waals surface area (Å²) in [5.74, 6) is 2.59. The molecular weight excluding hydrogens is 226 g/mol. The number of benzene rings is 1. The van der Waals surface area contributed by atoms with E-state index in [1.807, 2.05) is 30.3 Å². The first-order chi connectivity index (χ1) is 8.83. The smallest absolute Gasteiger partial charge is 0.407 e. The normalized spacial score (nSPS) is 9.50. The molecule has 1 rings (SSSR count). The van der Waals surface area contributed by atoms with E-state index in [2.05, 4.69) is 11.2 Å². The number of carbonyl (C=O) groups excluding carboxylic acids is 1. The van der Waals surface area contributed by atoms with Crippen LogP contribution in [0.1, 0.15) is 31.2 Å². The first-order valence-electron chi connectivity index (χ1n) is 6.21. The maximum absolute atomic E-state index is 11.3. The Bertz CT molecular complexity index is 381. The molecule has 0 atom stereocenters. The van der Waals surface area contributed by atoms with E-state index < -0.39 is 0 Å². The third-order valence-electron chi connectivity index (χ3n) is 2.48. The van der Waals surface area contributed by atoms with Crippen LogP contribution in [-0.4, -0.2) is 12.6 Å². The lowest BCUT2D eigenvalue weighted by atomic mass is 10.2. The summed E-state index contributed by atoms with van der Waals surface area (Å²) in [5.41, 5.74) is 0.988. The number of unbranched alkanes of at least 4 members (excludes halogenated alkanes) is 3. The van der Waals surface area contributed by atoms with Crippen LogP contribution in [-0.2, 0) is 11.3 Å². The van der Waals surface area contributed by atoms with E-state index in [1.54, 1.807) is 0 Å². The van der Waals surface area contributed by atoms with Gasteiger partial charge in [-0.25, -0.2) is 4.79 Å². The number of terminal acetylenes is 1. The van der Waals surface area contributed by atoms with Gasteiger partial charge >= 0.3 is 6.09 Å². The maximum atomic E-state index is 11.3. The molecule has 18 heavy (non-hydrogen) atoms. The highest BCUT2D eigenvalue weighted by Gasteiger charge is 2.01. The van der Waals surface area contributed by atoms with Gasteiger partial charge in [0, 0.05) is 13.0 Å². The highest BCUT2D eigenvalue weighted by Crippen LogP contribution is 2.01. The lowest BCUT2D eigenvalue weighted by Gasteiger charge is -2.06. The fourth-order valence-electron chi connectivity index (χ4n) is 1.49. The average molecular weight is 245 g/mol. The Kier molecular flexibility index (Phi) is 7.15. The molecular formula is C15H19NO2. The number of carbonyl (C=O) groups is 1. The molecule has 0 fully saturated rings. The molecule has 3 nitrogen and oxygen atoms in total. The van der Waals surface area contributed by atoms with Crippen LogP contribution in [0.4, 0.5) is 4.79 Å². The zero-order valence-electron chi connectivity index (χ0n) is 10.5. The first kappa shape index (κ1) is 14.1. The van der Waals surface area contributed by atoms with Crippen LogP contribution < -0.4 is 5.32 Å². The Balaban J connectivity index is 2.03. The van der Waals surface area contributed by atoms with Crippen molar-refractivity contribution in [2.24, 2.45) is 0 Å². The van der Waals surface area contributed by atoms with Crippen LogP contribution in [0.5, 0.6) is 0 Å². The van der Waals surface area contributed by atoms with Gasteiger partial charge < -0.3 is 10.1 Å². The van der Waals surface area contributed by atoms with Gasteiger partial charge in [0.2, 0.25) is 0 Å². The van der Waals surface area contributed by atoms with E-state index in [4.69, 9.17) is 11.2 Å². The number of ether oxygens (including phenoxy) is 1. The molecule has 0 unspecified atom stereocenters. The molecule has 0 saturated heterocycles. The molecule has 0 heterocycles. The number of alkyl carbamates (subject to hydrolysis) is 1. The van der Waals surface area contributed by atoms with Gasteiger partial charge in [-0.05, 0) is 18.4 Å². The largest absolute Gasteiger partial charge is 0.445 e. The second kappa shape index (κ2) is 9.12. The molecule has 0 aliphatic carbocycles. The van der Waals surface area contributed by atoms with E-state index >= 15 is 0 Å². The molecule has 96 valence electrons. The molecule has 0 bridgehead atoms. The Morgan fingerprint density at radius 1 is 1.22 bits per heavy atom. The summed E-state index contributed by atoms with van der Waals surface area (Å²) in [6.45, 7) is 0.946. The molecule has 0 radical (unpaired) electrons. The number of rotatable bonds is 7. The van der Waals surface area contributed by atoms with E-state index in [1.165, 1.54) is 0 Å². The van der Waals surface area contributed by atoms with Gasteiger partial charge in [0.05, 0.1) is 0 Å². The van der Waals surface area contributed by atoms with Crippen molar-refractivity contribution in [2.75, 3.05) is 6.54 Å². The molecule has 0 saturated carbocycles. The van der Waals surface area contributed by atoms with E-state index in [9.17, 15) is 4.79 Å². The Hall–Kier alpha value is -1.95. The fraction of sp³-hybridized carbons (Fsp3) is 0.400. The molecule has 1 aromatic carbocycles. The molecule has 1 N–H and O–H groups in total. The standard InChI is InChI=1S/C15H19NO2/c1-2-3-4-5-9-12-16-15(17)18-13-14-10-7-6-8-11-14/h1,6-8,10-11H,3-5,9,12-13H2,(H,16,17). The molecule has 0 spiro atoms. The summed E-state index contributed by atoms with van der Waals surface area (Å²) in [7, 11) is 0. The van der Waals surface area contributed by atoms with Crippen molar-refractivity contribution in [2.45, 2.75) is 32.3 Å². The maximum Gasteiger partial charge on any atom is 0.407 e. The number of amides is 1. The second-order valence-electron chi connectivity index (χ2n) is 4.00. The summed E-state index contributed by atoms with van der Waals surface area (Å²) in [4.78, 5) is 11.3. The van der Waals surface area contributed by atoms with Crippen LogP contribution in [0, 0.1) is 12.3 Å². The third-order valence-corrected chi connectivity index (χ3v) is 2.48. The van der Waals surface area contributed by atoms with Crippen molar-refractivity contribution in [1.29, 1.82) is 0 Å². The average Bonchev–Trinajstić information content (AvgIpc) is 2.41. The topological polar surface area (TPSA) is 38.3 Å². The fourth-order valence-corrected chi connectivity index (χ4v) is 1.49. The van der Waals surface area contributed by atoms with E-state index in [-0.39, 0.29) is 6.09 Å². The lowest BCUT2D eigenvalue weighted by Crippen LogP contribution is -2.25. The van der Waals surface area contributed by atoms with Gasteiger partial charge in [-0.3, -0.25) is 0 Å². The number of nitrogens with one attached hydrogen (secondary N) is 1. The molecule has 0 aromatic heterocycles. The third kappa shape index (κ3) is 6.59. The van der Waals surface area contributed by atoms with Gasteiger partial charge in [-0.2, -0.15) is 0 Å². The van der Waals surface area contributed by atoms with Crippen molar-refractivity contribution in [3.63, 3.8) is 0 Å². The zero-order valence-corrected chi connectivity index (χ0v) is 10.5. The summed E-state index contributed by atoms with van der Waals surface area (Å²) >= 11 is 0. The zero-order chi connectivity index (χ0) is 13.1. The molecule has 1 aromatic rings. The molecule has 0 aliphatic heterocycles. The van der Waals surface area contributed by atoms with Crippen molar-refractivity contribution in [1.82, 2.24) is 5.32 Å². The molecule has 1 amide bonds. The van der Waals surface area contributed by atoms with E-state index in [0.29, 0.717) is 13.2 Å². The van der Waals surface area contributed by atoms with E-state index in [0.717, 1.165) is 31.2 Å². The van der Waals surface area contributed by atoms with Crippen LogP contribution in [0.2, 0.25) is 0 Å². The van der Waals surface area contributed by atoms with Gasteiger partial charge in [0.15, 0.2) is 0 Å². The predicted octanol–water partition coefficient (Wildman–Crippen LogP) is 3.11. The summed E-state index contributed by atoms with van der Waals surface area (Å²) in [6, 6.07) is 9.62. The Labute approximate surface area is 109 Å². The second-order valence-corrected chi connectivity index (χ2v) is 4.00. The minimum absolute atomic E-state index is 0.309.